The average Bonchev–Trinajstić information content (AvgIpc) is 3.32. The normalized spacial score (nSPS) is 10.9. The van der Waals surface area contributed by atoms with E-state index in [1.165, 1.54) is 24.5 Å². The first-order valence-corrected chi connectivity index (χ1v) is 11.8. The van der Waals surface area contributed by atoms with Gasteiger partial charge < -0.3 is 31.0 Å². The van der Waals surface area contributed by atoms with Crippen LogP contribution in [0.1, 0.15) is 52.1 Å². The van der Waals surface area contributed by atoms with Crippen LogP contribution < -0.4 is 21.3 Å². The number of halogens is 2. The molecule has 3 aromatic rings. The van der Waals surface area contributed by atoms with Gasteiger partial charge in [-0.1, -0.05) is 11.6 Å². The molecule has 3 rings (SSSR count). The summed E-state index contributed by atoms with van der Waals surface area (Å²) in [5.74, 6) is -2.31. The number of nitrogens with zero attached hydrogens (tertiary/aromatic N) is 1. The molecule has 0 spiro atoms. The summed E-state index contributed by atoms with van der Waals surface area (Å²) in [6, 6.07) is 9.60. The van der Waals surface area contributed by atoms with Gasteiger partial charge in [0.25, 0.3) is 17.7 Å². The Morgan fingerprint density at radius 1 is 0.921 bits per heavy atom. The zero-order chi connectivity index (χ0) is 27.9. The van der Waals surface area contributed by atoms with Crippen molar-refractivity contribution in [2.45, 2.75) is 26.4 Å². The zero-order valence-corrected chi connectivity index (χ0v) is 21.5. The Morgan fingerprint density at radius 2 is 1.53 bits per heavy atom. The second-order valence-electron chi connectivity index (χ2n) is 8.92. The Morgan fingerprint density at radius 3 is 2.13 bits per heavy atom. The van der Waals surface area contributed by atoms with Crippen LogP contribution in [0.3, 0.4) is 0 Å². The summed E-state index contributed by atoms with van der Waals surface area (Å²) >= 11 is 5.92. The molecule has 0 bridgehead atoms. The lowest BCUT2D eigenvalue weighted by atomic mass is 10.2. The predicted molar refractivity (Wildman–Crippen MR) is 139 cm³/mol. The molecule has 0 unspecified atom stereocenters. The first-order valence-electron chi connectivity index (χ1n) is 11.4. The number of amides is 4. The first kappa shape index (κ1) is 28.1. The summed E-state index contributed by atoms with van der Waals surface area (Å²) in [6.07, 6.45) is 0.598. The number of benzene rings is 2. The Hall–Kier alpha value is -4.45. The number of rotatable bonds is 8. The molecule has 4 amide bonds. The van der Waals surface area contributed by atoms with E-state index in [9.17, 15) is 23.6 Å². The topological polar surface area (TPSA) is 154 Å². The highest BCUT2D eigenvalue weighted by Crippen LogP contribution is 2.20. The van der Waals surface area contributed by atoms with E-state index in [0.717, 1.165) is 12.1 Å². The quantitative estimate of drug-likeness (QED) is 0.270. The Labute approximate surface area is 222 Å². The number of alkyl carbamates (subject to hydrolysis) is 1. The number of carbonyl (C=O) groups excluding carboxylic acids is 4. The lowest BCUT2D eigenvalue weighted by Gasteiger charge is -2.19. The smallest absolute Gasteiger partial charge is 0.407 e. The van der Waals surface area contributed by atoms with Crippen LogP contribution >= 0.6 is 11.6 Å². The minimum atomic E-state index is -0.641. The third-order valence-electron chi connectivity index (χ3n) is 4.74. The number of H-pyrrole nitrogens is 1. The van der Waals surface area contributed by atoms with Crippen LogP contribution in [0.5, 0.6) is 0 Å². The highest BCUT2D eigenvalue weighted by atomic mass is 35.5. The molecule has 1 aromatic heterocycles. The van der Waals surface area contributed by atoms with Crippen molar-refractivity contribution in [1.82, 2.24) is 20.6 Å². The summed E-state index contributed by atoms with van der Waals surface area (Å²) < 4.78 is 18.3. The monoisotopic (exact) mass is 544 g/mol. The van der Waals surface area contributed by atoms with Crippen molar-refractivity contribution in [2.24, 2.45) is 0 Å². The van der Waals surface area contributed by atoms with E-state index in [0.29, 0.717) is 11.4 Å². The molecule has 0 fully saturated rings. The summed E-state index contributed by atoms with van der Waals surface area (Å²) in [7, 11) is 0. The molecule has 38 heavy (non-hydrogen) atoms. The van der Waals surface area contributed by atoms with Crippen LogP contribution in [0.2, 0.25) is 5.02 Å². The highest BCUT2D eigenvalue weighted by Gasteiger charge is 2.21. The van der Waals surface area contributed by atoms with Crippen molar-refractivity contribution in [1.29, 1.82) is 0 Å². The Kier molecular flexibility index (Phi) is 9.02. The largest absolute Gasteiger partial charge is 0.444 e. The van der Waals surface area contributed by atoms with Gasteiger partial charge in [0.05, 0.1) is 16.9 Å². The van der Waals surface area contributed by atoms with Gasteiger partial charge in [-0.15, -0.1) is 0 Å². The summed E-state index contributed by atoms with van der Waals surface area (Å²) in [4.78, 5) is 55.8. The molecule has 0 atom stereocenters. The lowest BCUT2D eigenvalue weighted by molar-refractivity contribution is 0.0526. The molecule has 0 aliphatic heterocycles. The van der Waals surface area contributed by atoms with Crippen molar-refractivity contribution in [3.05, 3.63) is 76.6 Å². The fourth-order valence-corrected chi connectivity index (χ4v) is 3.33. The van der Waals surface area contributed by atoms with Crippen molar-refractivity contribution >= 4 is 46.8 Å². The Bertz CT molecular complexity index is 1340. The van der Waals surface area contributed by atoms with Crippen molar-refractivity contribution in [3.63, 3.8) is 0 Å². The van der Waals surface area contributed by atoms with E-state index in [2.05, 4.69) is 31.2 Å². The predicted octanol–water partition coefficient (Wildman–Crippen LogP) is 3.96. The average molecular weight is 545 g/mol. The van der Waals surface area contributed by atoms with Crippen LogP contribution in [-0.4, -0.2) is 52.5 Å². The van der Waals surface area contributed by atoms with Gasteiger partial charge in [-0.2, -0.15) is 0 Å². The molecule has 0 saturated heterocycles. The van der Waals surface area contributed by atoms with Crippen LogP contribution in [0, 0.1) is 5.82 Å². The highest BCUT2D eigenvalue weighted by molar-refractivity contribution is 6.34. The molecule has 0 aliphatic rings. The maximum absolute atomic E-state index is 13.2. The van der Waals surface area contributed by atoms with Gasteiger partial charge in [0.15, 0.2) is 5.69 Å². The number of hydrogen-bond acceptors (Lipinski definition) is 6. The van der Waals surface area contributed by atoms with Crippen molar-refractivity contribution in [2.75, 3.05) is 23.7 Å². The van der Waals surface area contributed by atoms with Gasteiger partial charge in [0, 0.05) is 24.5 Å². The maximum Gasteiger partial charge on any atom is 0.407 e. The molecule has 0 saturated carbocycles. The number of imidazole rings is 1. The molecule has 2 aromatic carbocycles. The van der Waals surface area contributed by atoms with Crippen LogP contribution in [0.4, 0.5) is 20.6 Å². The molecular formula is C25H26ClFN6O5. The van der Waals surface area contributed by atoms with E-state index in [-0.39, 0.29) is 35.1 Å². The van der Waals surface area contributed by atoms with Crippen molar-refractivity contribution in [3.8, 4) is 0 Å². The number of hydrogen-bond donors (Lipinski definition) is 5. The van der Waals surface area contributed by atoms with Crippen LogP contribution in [0.15, 0.2) is 48.8 Å². The maximum atomic E-state index is 13.2. The van der Waals surface area contributed by atoms with Gasteiger partial charge in [0.2, 0.25) is 0 Å². The molecule has 11 nitrogen and oxygen atoms in total. The number of carbonyl (C=O) groups is 4. The van der Waals surface area contributed by atoms with E-state index in [1.807, 2.05) is 0 Å². The van der Waals surface area contributed by atoms with Gasteiger partial charge in [-0.3, -0.25) is 14.4 Å². The van der Waals surface area contributed by atoms with Gasteiger partial charge >= 0.3 is 6.09 Å². The zero-order valence-electron chi connectivity index (χ0n) is 20.8. The van der Waals surface area contributed by atoms with Gasteiger partial charge in [0.1, 0.15) is 17.1 Å². The second kappa shape index (κ2) is 12.2. The van der Waals surface area contributed by atoms with Gasteiger partial charge in [-0.05, 0) is 63.2 Å². The lowest BCUT2D eigenvalue weighted by Crippen LogP contribution is -2.38. The van der Waals surface area contributed by atoms with Crippen LogP contribution in [-0.2, 0) is 4.74 Å². The van der Waals surface area contributed by atoms with E-state index in [4.69, 9.17) is 16.3 Å². The third kappa shape index (κ3) is 8.03. The molecule has 200 valence electrons. The fraction of sp³-hybridized carbons (Fsp3) is 0.240. The van der Waals surface area contributed by atoms with Gasteiger partial charge in [-0.25, -0.2) is 14.2 Å². The molecule has 0 radical (unpaired) electrons. The summed E-state index contributed by atoms with van der Waals surface area (Å²) in [5, 5.41) is 10.3. The fourth-order valence-electron chi connectivity index (χ4n) is 3.08. The van der Waals surface area contributed by atoms with E-state index >= 15 is 0 Å². The first-order chi connectivity index (χ1) is 17.9. The Balaban J connectivity index is 1.53. The third-order valence-corrected chi connectivity index (χ3v) is 5.05. The standard InChI is InChI=1S/C25H26ClFN6O5/c1-25(2,3)38-24(37)29-11-10-28-22(35)19-20(31-13-30-19)23(36)33-16-7-5-15(6-8-16)32-21(34)17-9-4-14(27)12-18(17)26/h4-9,12-13H,10-11H2,1-3H3,(H,28,35)(H,29,37)(H,30,31)(H,32,34)(H,33,36). The molecule has 1 heterocycles. The van der Waals surface area contributed by atoms with E-state index in [1.54, 1.807) is 32.9 Å². The minimum absolute atomic E-state index is 0.0236. The second-order valence-corrected chi connectivity index (χ2v) is 9.33. The number of aromatic amines is 1. The number of aromatic nitrogens is 2. The minimum Gasteiger partial charge on any atom is -0.444 e. The number of anilines is 2. The number of nitrogens with one attached hydrogen (secondary N) is 5. The molecule has 0 aliphatic carbocycles. The SMILES string of the molecule is CC(C)(C)OC(=O)NCCNC(=O)c1[nH]cnc1C(=O)Nc1ccc(NC(=O)c2ccc(F)cc2Cl)cc1. The van der Waals surface area contributed by atoms with E-state index < -0.39 is 35.2 Å². The number of ether oxygens (including phenoxy) is 1. The molecule has 5 N–H and O–H groups in total. The molecular weight excluding hydrogens is 519 g/mol. The molecule has 13 heteroatoms. The summed E-state index contributed by atoms with van der Waals surface area (Å²) in [5.41, 5.74) is 0.0658. The summed E-state index contributed by atoms with van der Waals surface area (Å²) in [6.45, 7) is 5.41. The van der Waals surface area contributed by atoms with Crippen LogP contribution in [0.25, 0.3) is 0 Å². The van der Waals surface area contributed by atoms with Crippen molar-refractivity contribution < 1.29 is 28.3 Å².